The SMILES string of the molecule is O=C(Cc1c[nH]c2ccc(O)cc12)N[C@@H](Cc1c[nH]c2ccc(O)cc12)C(=O)NCCOCCOCC[18F]. The number of carbonyl (C=O) groups is 2. The Morgan fingerprint density at radius 2 is 1.47 bits per heavy atom. The summed E-state index contributed by atoms with van der Waals surface area (Å²) in [5, 5.41) is 26.8. The van der Waals surface area contributed by atoms with E-state index >= 15 is 0 Å². The van der Waals surface area contributed by atoms with Gasteiger partial charge in [0.2, 0.25) is 11.8 Å². The van der Waals surface area contributed by atoms with Gasteiger partial charge in [-0.1, -0.05) is 0 Å². The van der Waals surface area contributed by atoms with Gasteiger partial charge < -0.3 is 40.3 Å². The zero-order valence-corrected chi connectivity index (χ0v) is 20.8. The second kappa shape index (κ2) is 12.9. The molecule has 0 unspecified atom stereocenters. The van der Waals surface area contributed by atoms with E-state index in [4.69, 9.17) is 9.47 Å². The summed E-state index contributed by atoms with van der Waals surface area (Å²) in [5.41, 5.74) is 3.03. The Morgan fingerprint density at radius 3 is 2.13 bits per heavy atom. The number of rotatable bonds is 14. The number of aromatic amines is 2. The van der Waals surface area contributed by atoms with Crippen molar-refractivity contribution in [2.24, 2.45) is 0 Å². The number of phenolic OH excluding ortho intramolecular Hbond substituents is 2. The standard InChI is InChI=1S/C27H31FN4O6/c28-5-7-37-9-10-38-8-6-29-27(36)25(11-17-15-30-23-3-1-19(33)13-21(17)23)32-26(35)12-18-16-31-24-4-2-20(34)14-22(18)24/h1-4,13-16,25,30-31,33-34H,5-12H2,(H,29,36)(H,32,35)/t25-/m0/s1/i28-1. The molecule has 2 amide bonds. The van der Waals surface area contributed by atoms with E-state index in [9.17, 15) is 24.2 Å². The van der Waals surface area contributed by atoms with Gasteiger partial charge in [-0.15, -0.1) is 0 Å². The Hall–Kier alpha value is -4.09. The zero-order valence-electron chi connectivity index (χ0n) is 20.8. The van der Waals surface area contributed by atoms with Gasteiger partial charge in [0.15, 0.2) is 0 Å². The molecule has 2 aromatic carbocycles. The molecule has 4 aromatic rings. The molecule has 2 heterocycles. The third-order valence-corrected chi connectivity index (χ3v) is 6.07. The van der Waals surface area contributed by atoms with E-state index in [0.29, 0.717) is 5.56 Å². The first kappa shape index (κ1) is 27.0. The number of aromatic hydroxyl groups is 2. The lowest BCUT2D eigenvalue weighted by molar-refractivity contribution is -0.128. The minimum atomic E-state index is -0.893. The van der Waals surface area contributed by atoms with E-state index in [2.05, 4.69) is 20.6 Å². The second-order valence-electron chi connectivity index (χ2n) is 8.79. The molecular weight excluding hydrogens is 494 g/mol. The summed E-state index contributed by atoms with van der Waals surface area (Å²) in [6.45, 7) is 0.440. The summed E-state index contributed by atoms with van der Waals surface area (Å²) in [7, 11) is 0. The van der Waals surface area contributed by atoms with Gasteiger partial charge in [0.1, 0.15) is 24.2 Å². The van der Waals surface area contributed by atoms with Crippen molar-refractivity contribution in [1.29, 1.82) is 0 Å². The van der Waals surface area contributed by atoms with Crippen molar-refractivity contribution >= 4 is 33.6 Å². The molecule has 202 valence electrons. The van der Waals surface area contributed by atoms with Crippen LogP contribution in [0.2, 0.25) is 0 Å². The van der Waals surface area contributed by atoms with E-state index in [0.717, 1.165) is 27.4 Å². The Labute approximate surface area is 218 Å². The predicted molar refractivity (Wildman–Crippen MR) is 140 cm³/mol. The highest BCUT2D eigenvalue weighted by molar-refractivity contribution is 5.93. The number of halogens is 1. The first-order valence-electron chi connectivity index (χ1n) is 12.3. The molecule has 11 heteroatoms. The summed E-state index contributed by atoms with van der Waals surface area (Å²) in [6.07, 6.45) is 3.65. The van der Waals surface area contributed by atoms with Gasteiger partial charge in [0, 0.05) is 47.2 Å². The van der Waals surface area contributed by atoms with Crippen LogP contribution in [0.1, 0.15) is 11.1 Å². The molecular formula is C27H31FN4O6. The van der Waals surface area contributed by atoms with Gasteiger partial charge in [-0.05, 0) is 47.5 Å². The molecule has 0 fully saturated rings. The first-order valence-corrected chi connectivity index (χ1v) is 12.3. The number of H-pyrrole nitrogens is 2. The minimum Gasteiger partial charge on any atom is -0.508 e. The molecule has 0 saturated carbocycles. The lowest BCUT2D eigenvalue weighted by atomic mass is 10.0. The van der Waals surface area contributed by atoms with Crippen LogP contribution in [-0.2, 0) is 31.9 Å². The molecule has 0 aliphatic rings. The third kappa shape index (κ3) is 7.02. The van der Waals surface area contributed by atoms with Crippen LogP contribution >= 0.6 is 0 Å². The fourth-order valence-corrected chi connectivity index (χ4v) is 4.24. The van der Waals surface area contributed by atoms with E-state index in [1.807, 2.05) is 0 Å². The molecule has 0 aliphatic carbocycles. The average molecular weight is 526 g/mol. The number of hydrogen-bond donors (Lipinski definition) is 6. The van der Waals surface area contributed by atoms with Gasteiger partial charge in [0.05, 0.1) is 32.8 Å². The molecule has 2 aromatic heterocycles. The highest BCUT2D eigenvalue weighted by Gasteiger charge is 2.23. The number of alkyl halides is 1. The van der Waals surface area contributed by atoms with Crippen LogP contribution in [0.5, 0.6) is 11.5 Å². The minimum absolute atomic E-state index is 0.00387. The van der Waals surface area contributed by atoms with Crippen molar-refractivity contribution in [3.8, 4) is 11.5 Å². The van der Waals surface area contributed by atoms with E-state index in [1.165, 1.54) is 0 Å². The number of nitrogens with one attached hydrogen (secondary N) is 4. The Bertz CT molecular complexity index is 1380. The number of benzene rings is 2. The van der Waals surface area contributed by atoms with Gasteiger partial charge in [0.25, 0.3) is 0 Å². The molecule has 0 bridgehead atoms. The number of amides is 2. The van der Waals surface area contributed by atoms with E-state index in [-0.39, 0.29) is 69.1 Å². The number of ether oxygens (including phenoxy) is 2. The molecule has 1 atom stereocenters. The molecule has 0 saturated heterocycles. The number of carbonyl (C=O) groups excluding carboxylic acids is 2. The van der Waals surface area contributed by atoms with E-state index < -0.39 is 12.7 Å². The lowest BCUT2D eigenvalue weighted by Crippen LogP contribution is -2.49. The zero-order chi connectivity index (χ0) is 26.9. The highest BCUT2D eigenvalue weighted by atomic mass is 18.2. The lowest BCUT2D eigenvalue weighted by Gasteiger charge is -2.18. The predicted octanol–water partition coefficient (Wildman–Crippen LogP) is 2.45. The smallest absolute Gasteiger partial charge is 0.243 e. The van der Waals surface area contributed by atoms with Gasteiger partial charge in [-0.25, -0.2) is 4.39 Å². The summed E-state index contributed by atoms with van der Waals surface area (Å²) in [6, 6.07) is 8.89. The van der Waals surface area contributed by atoms with Gasteiger partial charge in [-0.3, -0.25) is 9.59 Å². The van der Waals surface area contributed by atoms with Crippen molar-refractivity contribution in [3.05, 3.63) is 59.9 Å². The average Bonchev–Trinajstić information content (AvgIpc) is 3.48. The molecule has 0 radical (unpaired) electrons. The van der Waals surface area contributed by atoms with Crippen molar-refractivity contribution in [2.75, 3.05) is 39.6 Å². The number of aromatic nitrogens is 2. The topological polar surface area (TPSA) is 149 Å². The quantitative estimate of drug-likeness (QED) is 0.139. The maximum absolute atomic E-state index is 13.1. The third-order valence-electron chi connectivity index (χ3n) is 6.07. The normalized spacial score (nSPS) is 12.1. The van der Waals surface area contributed by atoms with Crippen molar-refractivity contribution < 1.29 is 33.7 Å². The van der Waals surface area contributed by atoms with Crippen LogP contribution in [0.4, 0.5) is 4.39 Å². The van der Waals surface area contributed by atoms with Crippen LogP contribution in [-0.4, -0.2) is 77.7 Å². The van der Waals surface area contributed by atoms with Crippen LogP contribution in [0.3, 0.4) is 0 Å². The van der Waals surface area contributed by atoms with Crippen LogP contribution < -0.4 is 10.6 Å². The maximum atomic E-state index is 13.1. The molecule has 6 N–H and O–H groups in total. The summed E-state index contributed by atoms with van der Waals surface area (Å²) in [5.74, 6) is -0.562. The molecule has 10 nitrogen and oxygen atoms in total. The Balaban J connectivity index is 1.41. The fraction of sp³-hybridized carbons (Fsp3) is 0.333. The summed E-state index contributed by atoms with van der Waals surface area (Å²) >= 11 is 0. The fourth-order valence-electron chi connectivity index (χ4n) is 4.24. The highest BCUT2D eigenvalue weighted by Crippen LogP contribution is 2.25. The van der Waals surface area contributed by atoms with Gasteiger partial charge in [-0.2, -0.15) is 0 Å². The Morgan fingerprint density at radius 1 is 0.868 bits per heavy atom. The van der Waals surface area contributed by atoms with Crippen LogP contribution in [0.15, 0.2) is 48.8 Å². The summed E-state index contributed by atoms with van der Waals surface area (Å²) in [4.78, 5) is 32.3. The molecule has 0 spiro atoms. The molecule has 38 heavy (non-hydrogen) atoms. The number of fused-ring (bicyclic) bond motifs is 2. The van der Waals surface area contributed by atoms with Gasteiger partial charge >= 0.3 is 0 Å². The largest absolute Gasteiger partial charge is 0.508 e. The van der Waals surface area contributed by atoms with Crippen molar-refractivity contribution in [3.63, 3.8) is 0 Å². The maximum Gasteiger partial charge on any atom is 0.243 e. The van der Waals surface area contributed by atoms with Crippen molar-refractivity contribution in [1.82, 2.24) is 20.6 Å². The number of phenols is 2. The molecule has 0 aliphatic heterocycles. The van der Waals surface area contributed by atoms with Crippen LogP contribution in [0, 0.1) is 0 Å². The van der Waals surface area contributed by atoms with Crippen LogP contribution in [0.25, 0.3) is 21.8 Å². The van der Waals surface area contributed by atoms with E-state index in [1.54, 1.807) is 48.8 Å². The monoisotopic (exact) mass is 525 g/mol. The second-order valence-corrected chi connectivity index (χ2v) is 8.79. The number of hydrogen-bond acceptors (Lipinski definition) is 6. The molecule has 4 rings (SSSR count). The van der Waals surface area contributed by atoms with Crippen molar-refractivity contribution in [2.45, 2.75) is 18.9 Å². The first-order chi connectivity index (χ1) is 18.4. The summed E-state index contributed by atoms with van der Waals surface area (Å²) < 4.78 is 22.4. The Kier molecular flexibility index (Phi) is 9.17.